The third-order valence-electron chi connectivity index (χ3n) is 3.98. The summed E-state index contributed by atoms with van der Waals surface area (Å²) in [5.41, 5.74) is 1.17. The van der Waals surface area contributed by atoms with Crippen molar-refractivity contribution in [2.24, 2.45) is 0 Å². The minimum absolute atomic E-state index is 0.939. The predicted molar refractivity (Wildman–Crippen MR) is 96.7 cm³/mol. The maximum absolute atomic E-state index is 5.52. The van der Waals surface area contributed by atoms with E-state index < -0.39 is 0 Å². The molecule has 1 heterocycles. The second kappa shape index (κ2) is 11.2. The van der Waals surface area contributed by atoms with Gasteiger partial charge in [0.1, 0.15) is 5.75 Å². The van der Waals surface area contributed by atoms with E-state index in [0.717, 1.165) is 71.2 Å². The zero-order valence-electron chi connectivity index (χ0n) is 14.2. The van der Waals surface area contributed by atoms with E-state index in [1.807, 2.05) is 12.1 Å². The summed E-state index contributed by atoms with van der Waals surface area (Å²) in [5, 5.41) is 13.9. The number of nitrogens with one attached hydrogen (secondary N) is 4. The summed E-state index contributed by atoms with van der Waals surface area (Å²) >= 11 is 0. The summed E-state index contributed by atoms with van der Waals surface area (Å²) in [7, 11) is 1.74. The maximum atomic E-state index is 5.52. The maximum Gasteiger partial charge on any atom is 0.142 e. The highest BCUT2D eigenvalue weighted by atomic mass is 16.5. The minimum Gasteiger partial charge on any atom is -0.495 e. The largest absolute Gasteiger partial charge is 0.495 e. The number of rotatable bonds is 2. The van der Waals surface area contributed by atoms with Crippen LogP contribution in [0.25, 0.3) is 0 Å². The number of ether oxygens (including phenoxy) is 1. The van der Waals surface area contributed by atoms with Gasteiger partial charge in [0, 0.05) is 65.4 Å². The van der Waals surface area contributed by atoms with Crippen molar-refractivity contribution in [1.82, 2.24) is 21.3 Å². The molecule has 23 heavy (non-hydrogen) atoms. The van der Waals surface area contributed by atoms with E-state index in [4.69, 9.17) is 4.74 Å². The number of hydrogen-bond acceptors (Lipinski definition) is 6. The summed E-state index contributed by atoms with van der Waals surface area (Å²) in [6, 6.07) is 8.25. The molecule has 0 spiro atoms. The van der Waals surface area contributed by atoms with E-state index in [0.29, 0.717) is 0 Å². The molecule has 2 rings (SSSR count). The first-order chi connectivity index (χ1) is 11.4. The van der Waals surface area contributed by atoms with Crippen LogP contribution in [0.4, 0.5) is 5.69 Å². The number of anilines is 1. The molecule has 0 aromatic heterocycles. The highest BCUT2D eigenvalue weighted by Crippen LogP contribution is 2.26. The molecule has 0 atom stereocenters. The van der Waals surface area contributed by atoms with Crippen molar-refractivity contribution in [3.05, 3.63) is 24.3 Å². The van der Waals surface area contributed by atoms with Gasteiger partial charge in [-0.05, 0) is 12.1 Å². The van der Waals surface area contributed by atoms with Gasteiger partial charge in [-0.2, -0.15) is 0 Å². The fraction of sp³-hybridized carbons (Fsp3) is 0.647. The van der Waals surface area contributed by atoms with Gasteiger partial charge in [0.15, 0.2) is 0 Å². The van der Waals surface area contributed by atoms with Crippen molar-refractivity contribution in [2.45, 2.75) is 0 Å². The van der Waals surface area contributed by atoms with E-state index >= 15 is 0 Å². The standard InChI is InChI=1S/C17H31N5O/c1-23-17-5-3-2-4-16(17)22-14-12-20-10-8-18-6-7-19-9-11-21-13-15-22/h2-5,18-21H,6-15H2,1H3. The summed E-state index contributed by atoms with van der Waals surface area (Å²) in [6.07, 6.45) is 0. The second-order valence-corrected chi connectivity index (χ2v) is 5.66. The second-order valence-electron chi connectivity index (χ2n) is 5.66. The van der Waals surface area contributed by atoms with Crippen molar-refractivity contribution in [1.29, 1.82) is 0 Å². The van der Waals surface area contributed by atoms with E-state index in [-0.39, 0.29) is 0 Å². The lowest BCUT2D eigenvalue weighted by molar-refractivity contribution is 0.414. The van der Waals surface area contributed by atoms with Gasteiger partial charge < -0.3 is 30.9 Å². The smallest absolute Gasteiger partial charge is 0.142 e. The summed E-state index contributed by atoms with van der Waals surface area (Å²) in [6.45, 7) is 9.94. The van der Waals surface area contributed by atoms with Crippen LogP contribution in [0.1, 0.15) is 0 Å². The summed E-state index contributed by atoms with van der Waals surface area (Å²) in [5.74, 6) is 0.939. The molecule has 0 amide bonds. The number of hydrogen-bond donors (Lipinski definition) is 4. The molecule has 6 heteroatoms. The Balaban J connectivity index is 1.94. The van der Waals surface area contributed by atoms with Gasteiger partial charge in [-0.1, -0.05) is 12.1 Å². The molecule has 130 valence electrons. The molecule has 1 saturated heterocycles. The molecule has 1 fully saturated rings. The first kappa shape index (κ1) is 18.0. The molecule has 0 saturated carbocycles. The summed E-state index contributed by atoms with van der Waals surface area (Å²) in [4.78, 5) is 2.39. The molecule has 1 aliphatic heterocycles. The first-order valence-corrected chi connectivity index (χ1v) is 8.62. The van der Waals surface area contributed by atoms with Crippen LogP contribution in [-0.2, 0) is 0 Å². The Kier molecular flexibility index (Phi) is 8.80. The lowest BCUT2D eigenvalue weighted by atomic mass is 10.2. The Morgan fingerprint density at radius 2 is 1.22 bits per heavy atom. The molecule has 0 aliphatic carbocycles. The molecule has 1 aromatic rings. The molecular weight excluding hydrogens is 290 g/mol. The van der Waals surface area contributed by atoms with Crippen LogP contribution in [0, 0.1) is 0 Å². The average molecular weight is 321 g/mol. The molecule has 0 bridgehead atoms. The highest BCUT2D eigenvalue weighted by Gasteiger charge is 2.11. The van der Waals surface area contributed by atoms with Gasteiger partial charge in [0.05, 0.1) is 12.8 Å². The molecule has 4 N–H and O–H groups in total. The zero-order valence-corrected chi connectivity index (χ0v) is 14.2. The zero-order chi connectivity index (χ0) is 16.2. The Hall–Kier alpha value is -1.34. The van der Waals surface area contributed by atoms with Crippen molar-refractivity contribution < 1.29 is 4.74 Å². The van der Waals surface area contributed by atoms with Gasteiger partial charge >= 0.3 is 0 Å². The van der Waals surface area contributed by atoms with Gasteiger partial charge in [0.2, 0.25) is 0 Å². The van der Waals surface area contributed by atoms with E-state index in [2.05, 4.69) is 38.3 Å². The average Bonchev–Trinajstić information content (AvgIpc) is 2.60. The molecule has 1 aromatic carbocycles. The topological polar surface area (TPSA) is 60.6 Å². The van der Waals surface area contributed by atoms with Crippen molar-refractivity contribution in [3.63, 3.8) is 0 Å². The van der Waals surface area contributed by atoms with Crippen LogP contribution in [0.3, 0.4) is 0 Å². The number of methoxy groups -OCH3 is 1. The Labute approximate surface area is 140 Å². The summed E-state index contributed by atoms with van der Waals surface area (Å²) < 4.78 is 5.52. The quantitative estimate of drug-likeness (QED) is 0.609. The molecule has 0 unspecified atom stereocenters. The van der Waals surface area contributed by atoms with Crippen LogP contribution >= 0.6 is 0 Å². The number of para-hydroxylation sites is 2. The van der Waals surface area contributed by atoms with E-state index in [1.54, 1.807) is 7.11 Å². The lowest BCUT2D eigenvalue weighted by Crippen LogP contribution is -2.39. The van der Waals surface area contributed by atoms with Gasteiger partial charge in [-0.25, -0.2) is 0 Å². The minimum atomic E-state index is 0.939. The molecule has 1 aliphatic rings. The third-order valence-corrected chi connectivity index (χ3v) is 3.98. The van der Waals surface area contributed by atoms with Crippen molar-refractivity contribution in [3.8, 4) is 5.75 Å². The van der Waals surface area contributed by atoms with Crippen molar-refractivity contribution >= 4 is 5.69 Å². The SMILES string of the molecule is COc1ccccc1N1CCNCCNCCNCCNCC1. The molecule has 0 radical (unpaired) electrons. The lowest BCUT2D eigenvalue weighted by Gasteiger charge is -2.27. The highest BCUT2D eigenvalue weighted by molar-refractivity contribution is 5.58. The Morgan fingerprint density at radius 3 is 1.74 bits per heavy atom. The van der Waals surface area contributed by atoms with Crippen LogP contribution in [-0.4, -0.2) is 72.6 Å². The molecule has 6 nitrogen and oxygen atoms in total. The van der Waals surface area contributed by atoms with Crippen LogP contribution in [0.2, 0.25) is 0 Å². The Bertz CT molecular complexity index is 413. The first-order valence-electron chi connectivity index (χ1n) is 8.62. The van der Waals surface area contributed by atoms with Crippen LogP contribution < -0.4 is 30.9 Å². The van der Waals surface area contributed by atoms with Crippen molar-refractivity contribution in [2.75, 3.05) is 77.5 Å². The molecular formula is C17H31N5O. The normalized spacial score (nSPS) is 19.6. The van der Waals surface area contributed by atoms with Crippen LogP contribution in [0.15, 0.2) is 24.3 Å². The fourth-order valence-electron chi connectivity index (χ4n) is 2.70. The van der Waals surface area contributed by atoms with Gasteiger partial charge in [-0.15, -0.1) is 0 Å². The van der Waals surface area contributed by atoms with Gasteiger partial charge in [-0.3, -0.25) is 0 Å². The van der Waals surface area contributed by atoms with Gasteiger partial charge in [0.25, 0.3) is 0 Å². The number of benzene rings is 1. The van der Waals surface area contributed by atoms with Crippen LogP contribution in [0.5, 0.6) is 5.75 Å². The third kappa shape index (κ3) is 6.74. The van der Waals surface area contributed by atoms with E-state index in [9.17, 15) is 0 Å². The Morgan fingerprint density at radius 1 is 0.739 bits per heavy atom. The monoisotopic (exact) mass is 321 g/mol. The predicted octanol–water partition coefficient (Wildman–Crippen LogP) is -0.126. The van der Waals surface area contributed by atoms with E-state index in [1.165, 1.54) is 5.69 Å². The number of nitrogens with zero attached hydrogens (tertiary/aromatic N) is 1. The fourth-order valence-corrected chi connectivity index (χ4v) is 2.70.